The van der Waals surface area contributed by atoms with Crippen LogP contribution in [-0.4, -0.2) is 30.0 Å². The lowest BCUT2D eigenvalue weighted by molar-refractivity contribution is -0.115. The number of nitrogens with one attached hydrogen (secondary N) is 1. The van der Waals surface area contributed by atoms with Crippen molar-refractivity contribution < 1.29 is 23.8 Å². The molecule has 2 aromatic carbocycles. The van der Waals surface area contributed by atoms with Crippen LogP contribution in [0.15, 0.2) is 41.8 Å². The third-order valence-electron chi connectivity index (χ3n) is 6.25. The summed E-state index contributed by atoms with van der Waals surface area (Å²) in [7, 11) is 0. The van der Waals surface area contributed by atoms with Crippen LogP contribution in [0.2, 0.25) is 0 Å². The maximum absolute atomic E-state index is 11.8. The molecule has 2 aliphatic heterocycles. The number of benzene rings is 2. The second-order valence-corrected chi connectivity index (χ2v) is 9.89. The number of carbonyl (C=O) groups excluding carboxylic acids is 2. The Balaban J connectivity index is 1.50. The van der Waals surface area contributed by atoms with Gasteiger partial charge in [0.15, 0.2) is 0 Å². The lowest BCUT2D eigenvalue weighted by Crippen LogP contribution is -2.42. The molecule has 0 spiro atoms. The van der Waals surface area contributed by atoms with Gasteiger partial charge in [-0.05, 0) is 92.8 Å². The molecule has 0 saturated carbocycles. The van der Waals surface area contributed by atoms with Gasteiger partial charge in [-0.25, -0.2) is 0 Å². The molecule has 2 aromatic rings. The van der Waals surface area contributed by atoms with Gasteiger partial charge >= 0.3 is 0 Å². The molecule has 1 atom stereocenters. The van der Waals surface area contributed by atoms with Gasteiger partial charge in [0.05, 0.1) is 4.91 Å². The molecule has 1 saturated heterocycles. The largest absolute Gasteiger partial charge is 0.489 e. The molecule has 1 fully saturated rings. The van der Waals surface area contributed by atoms with Crippen molar-refractivity contribution in [3.05, 3.63) is 69.6 Å². The molecule has 1 unspecified atom stereocenters. The molecule has 7 heteroatoms. The first-order chi connectivity index (χ1) is 16.2. The van der Waals surface area contributed by atoms with Crippen LogP contribution in [0.3, 0.4) is 0 Å². The van der Waals surface area contributed by atoms with Gasteiger partial charge in [-0.3, -0.25) is 14.9 Å². The summed E-state index contributed by atoms with van der Waals surface area (Å²) >= 11 is 0.899. The predicted molar refractivity (Wildman–Crippen MR) is 135 cm³/mol. The molecule has 0 radical (unpaired) electrons. The molecule has 4 rings (SSSR count). The summed E-state index contributed by atoms with van der Waals surface area (Å²) < 4.78 is 18.6. The van der Waals surface area contributed by atoms with Crippen molar-refractivity contribution >= 4 is 29.0 Å². The quantitative estimate of drug-likeness (QED) is 0.408. The summed E-state index contributed by atoms with van der Waals surface area (Å²) in [6.07, 6.45) is 5.13. The lowest BCUT2D eigenvalue weighted by atomic mass is 9.87. The predicted octanol–water partition coefficient (Wildman–Crippen LogP) is 5.66. The Morgan fingerprint density at radius 1 is 1.18 bits per heavy atom. The smallest absolute Gasteiger partial charge is 0.290 e. The minimum absolute atomic E-state index is 0.355. The number of hydrogen-bond acceptors (Lipinski definition) is 6. The number of ether oxygens (including phenoxy) is 3. The second kappa shape index (κ2) is 9.58. The van der Waals surface area contributed by atoms with Crippen LogP contribution in [0.4, 0.5) is 4.79 Å². The van der Waals surface area contributed by atoms with Crippen molar-refractivity contribution in [1.29, 1.82) is 0 Å². The summed E-state index contributed by atoms with van der Waals surface area (Å²) in [6, 6.07) is 7.46. The van der Waals surface area contributed by atoms with E-state index in [4.69, 9.17) is 14.2 Å². The van der Waals surface area contributed by atoms with Crippen molar-refractivity contribution in [2.45, 2.75) is 46.1 Å². The maximum atomic E-state index is 11.8. The van der Waals surface area contributed by atoms with Crippen LogP contribution in [0.1, 0.15) is 41.2 Å². The Labute approximate surface area is 204 Å². The summed E-state index contributed by atoms with van der Waals surface area (Å²) in [5.74, 6) is 2.14. The monoisotopic (exact) mass is 479 g/mol. The van der Waals surface area contributed by atoms with Crippen molar-refractivity contribution in [2.75, 3.05) is 13.2 Å². The van der Waals surface area contributed by atoms with Crippen molar-refractivity contribution in [1.82, 2.24) is 5.32 Å². The topological polar surface area (TPSA) is 73.9 Å². The van der Waals surface area contributed by atoms with Crippen LogP contribution in [-0.2, 0) is 11.2 Å². The zero-order valence-electron chi connectivity index (χ0n) is 19.9. The van der Waals surface area contributed by atoms with E-state index in [1.165, 1.54) is 5.56 Å². The summed E-state index contributed by atoms with van der Waals surface area (Å²) in [4.78, 5) is 23.6. The molecular formula is C27H29NO5S. The normalized spacial score (nSPS) is 20.5. The fraction of sp³-hybridized carbons (Fsp3) is 0.333. The first-order valence-electron chi connectivity index (χ1n) is 11.2. The SMILES string of the molecule is C=CCOc1c(C)c(C)c2c(c1C)CCC(C)(COc1cccc(/C=C3/SC(=O)NC3=O)c1)O2. The number of fused-ring (bicyclic) bond motifs is 1. The van der Waals surface area contributed by atoms with E-state index in [0.29, 0.717) is 23.9 Å². The second-order valence-electron chi connectivity index (χ2n) is 8.88. The van der Waals surface area contributed by atoms with E-state index in [-0.39, 0.29) is 11.1 Å². The first-order valence-corrected chi connectivity index (χ1v) is 12.1. The molecule has 2 amide bonds. The summed E-state index contributed by atoms with van der Waals surface area (Å²) in [5, 5.41) is 1.91. The van der Waals surface area contributed by atoms with Gasteiger partial charge in [0.25, 0.3) is 11.1 Å². The number of rotatable bonds is 7. The van der Waals surface area contributed by atoms with Gasteiger partial charge in [-0.2, -0.15) is 0 Å². The molecule has 0 bridgehead atoms. The highest BCUT2D eigenvalue weighted by atomic mass is 32.2. The highest BCUT2D eigenvalue weighted by molar-refractivity contribution is 8.18. The molecule has 0 aliphatic carbocycles. The van der Waals surface area contributed by atoms with Gasteiger partial charge in [0.2, 0.25) is 0 Å². The molecule has 34 heavy (non-hydrogen) atoms. The Bertz CT molecular complexity index is 1200. The Hall–Kier alpha value is -3.19. The van der Waals surface area contributed by atoms with E-state index >= 15 is 0 Å². The number of amides is 2. The molecular weight excluding hydrogens is 450 g/mol. The average Bonchev–Trinajstić information content (AvgIpc) is 3.13. The van der Waals surface area contributed by atoms with Gasteiger partial charge in [-0.15, -0.1) is 0 Å². The molecule has 0 aromatic heterocycles. The fourth-order valence-corrected chi connectivity index (χ4v) is 4.93. The first kappa shape index (κ1) is 24.0. The number of thioether (sulfide) groups is 1. The fourth-order valence-electron chi connectivity index (χ4n) is 4.24. The lowest BCUT2D eigenvalue weighted by Gasteiger charge is -2.38. The minimum atomic E-state index is -0.484. The van der Waals surface area contributed by atoms with Gasteiger partial charge in [0, 0.05) is 5.56 Å². The van der Waals surface area contributed by atoms with Crippen molar-refractivity contribution in [3.63, 3.8) is 0 Å². The number of imide groups is 1. The molecule has 2 aliphatic rings. The van der Waals surface area contributed by atoms with Crippen LogP contribution < -0.4 is 19.5 Å². The number of carbonyl (C=O) groups is 2. The van der Waals surface area contributed by atoms with Crippen molar-refractivity contribution in [2.24, 2.45) is 0 Å². The van der Waals surface area contributed by atoms with Crippen LogP contribution in [0, 0.1) is 20.8 Å². The van der Waals surface area contributed by atoms with E-state index in [0.717, 1.165) is 58.4 Å². The van der Waals surface area contributed by atoms with Crippen LogP contribution in [0.5, 0.6) is 17.2 Å². The Kier molecular flexibility index (Phi) is 6.75. The highest BCUT2D eigenvalue weighted by Gasteiger charge is 2.35. The molecule has 178 valence electrons. The van der Waals surface area contributed by atoms with Gasteiger partial charge in [0.1, 0.15) is 36.1 Å². The van der Waals surface area contributed by atoms with E-state index in [1.807, 2.05) is 24.3 Å². The summed E-state index contributed by atoms with van der Waals surface area (Å²) in [5.41, 5.74) is 4.78. The van der Waals surface area contributed by atoms with Gasteiger partial charge in [-0.1, -0.05) is 24.8 Å². The minimum Gasteiger partial charge on any atom is -0.489 e. The van der Waals surface area contributed by atoms with Crippen LogP contribution >= 0.6 is 11.8 Å². The Morgan fingerprint density at radius 3 is 2.68 bits per heavy atom. The highest BCUT2D eigenvalue weighted by Crippen LogP contribution is 2.44. The van der Waals surface area contributed by atoms with E-state index < -0.39 is 5.60 Å². The molecule has 2 heterocycles. The standard InChI is InChI=1S/C27H29NO5S/c1-6-12-31-23-16(2)17(3)24-21(18(23)4)10-11-27(5,33-24)15-32-20-9-7-8-19(13-20)14-22-25(29)28-26(30)34-22/h6-9,13-14H,1,10-12,15H2,2-5H3,(H,28,29,30)/b22-14+. The Morgan fingerprint density at radius 2 is 1.97 bits per heavy atom. The van der Waals surface area contributed by atoms with Crippen molar-refractivity contribution in [3.8, 4) is 17.2 Å². The average molecular weight is 480 g/mol. The van der Waals surface area contributed by atoms with E-state index in [9.17, 15) is 9.59 Å². The van der Waals surface area contributed by atoms with E-state index in [1.54, 1.807) is 12.2 Å². The maximum Gasteiger partial charge on any atom is 0.290 e. The zero-order valence-corrected chi connectivity index (χ0v) is 20.8. The number of hydrogen-bond donors (Lipinski definition) is 1. The molecule has 6 nitrogen and oxygen atoms in total. The third-order valence-corrected chi connectivity index (χ3v) is 7.06. The summed E-state index contributed by atoms with van der Waals surface area (Å²) in [6.45, 7) is 12.9. The third kappa shape index (κ3) is 4.85. The molecule has 1 N–H and O–H groups in total. The van der Waals surface area contributed by atoms with E-state index in [2.05, 4.69) is 39.6 Å². The zero-order chi connectivity index (χ0) is 24.5. The van der Waals surface area contributed by atoms with Crippen LogP contribution in [0.25, 0.3) is 6.08 Å². The van der Waals surface area contributed by atoms with Gasteiger partial charge < -0.3 is 14.2 Å².